The number of hydrogen-bond acceptors (Lipinski definition) is 4. The Morgan fingerprint density at radius 3 is 1.85 bits per heavy atom. The first-order chi connectivity index (χ1) is 19.5. The molecule has 4 aromatic heterocycles. The number of nitrogens with one attached hydrogen (secondary N) is 2. The first-order valence-corrected chi connectivity index (χ1v) is 13.9. The summed E-state index contributed by atoms with van der Waals surface area (Å²) in [7, 11) is 0. The number of rotatable bonds is 3. The van der Waals surface area contributed by atoms with Crippen LogP contribution in [0.1, 0.15) is 51.2 Å². The van der Waals surface area contributed by atoms with Crippen molar-refractivity contribution in [2.24, 2.45) is 0 Å². The molecule has 0 saturated carbocycles. The molecule has 194 valence electrons. The lowest BCUT2D eigenvalue weighted by Gasteiger charge is -2.11. The number of pyridine rings is 2. The van der Waals surface area contributed by atoms with Crippen molar-refractivity contribution in [2.75, 3.05) is 0 Å². The van der Waals surface area contributed by atoms with Gasteiger partial charge < -0.3 is 9.97 Å². The molecule has 0 aliphatic heterocycles. The molecule has 6 heteroatoms. The molecule has 6 nitrogen and oxygen atoms in total. The summed E-state index contributed by atoms with van der Waals surface area (Å²) in [5, 5.41) is 7.93. The molecule has 4 heterocycles. The van der Waals surface area contributed by atoms with Crippen LogP contribution in [0.3, 0.4) is 0 Å². The molecule has 0 unspecified atom stereocenters. The van der Waals surface area contributed by atoms with Gasteiger partial charge in [0.25, 0.3) is 0 Å². The van der Waals surface area contributed by atoms with Crippen LogP contribution in [0, 0.1) is 0 Å². The number of nitrogens with zero attached hydrogens (tertiary/aromatic N) is 4. The van der Waals surface area contributed by atoms with Crippen molar-refractivity contribution < 1.29 is 0 Å². The maximum Gasteiger partial charge on any atom is 0.109 e. The Labute approximate surface area is 230 Å². The van der Waals surface area contributed by atoms with E-state index in [2.05, 4.69) is 91.2 Å². The second kappa shape index (κ2) is 8.33. The summed E-state index contributed by atoms with van der Waals surface area (Å²) in [5.41, 5.74) is 7.41. The van der Waals surface area contributed by atoms with Crippen molar-refractivity contribution in [1.82, 2.24) is 29.9 Å². The molecule has 8 aromatic rings. The average Bonchev–Trinajstić information content (AvgIpc) is 3.64. The summed E-state index contributed by atoms with van der Waals surface area (Å²) >= 11 is 0. The van der Waals surface area contributed by atoms with Gasteiger partial charge >= 0.3 is 0 Å². The van der Waals surface area contributed by atoms with E-state index in [-0.39, 0.29) is 0 Å². The fraction of sp³-hybridized carbons (Fsp3) is 0.176. The third kappa shape index (κ3) is 3.22. The summed E-state index contributed by atoms with van der Waals surface area (Å²) in [6, 6.07) is 19.7. The monoisotopic (exact) mass is 520 g/mol. The third-order valence-corrected chi connectivity index (χ3v) is 8.13. The van der Waals surface area contributed by atoms with Gasteiger partial charge in [-0.2, -0.15) is 0 Å². The predicted molar refractivity (Wildman–Crippen MR) is 165 cm³/mol. The third-order valence-electron chi connectivity index (χ3n) is 8.13. The smallest absolute Gasteiger partial charge is 0.109 e. The maximum absolute atomic E-state index is 4.96. The number of benzene rings is 4. The Kier molecular flexibility index (Phi) is 4.81. The topological polar surface area (TPSA) is 83.1 Å². The van der Waals surface area contributed by atoms with Gasteiger partial charge in [0.15, 0.2) is 0 Å². The Balaban J connectivity index is 1.41. The van der Waals surface area contributed by atoms with E-state index in [0.717, 1.165) is 77.3 Å². The number of aromatic amines is 2. The second-order valence-electron chi connectivity index (χ2n) is 11.3. The van der Waals surface area contributed by atoms with Gasteiger partial charge in [0, 0.05) is 57.4 Å². The van der Waals surface area contributed by atoms with Gasteiger partial charge in [-0.3, -0.25) is 9.97 Å². The molecular formula is C34H28N6. The van der Waals surface area contributed by atoms with E-state index in [4.69, 9.17) is 15.0 Å². The normalized spacial score (nSPS) is 12.4. The van der Waals surface area contributed by atoms with Gasteiger partial charge in [0.1, 0.15) is 11.6 Å². The number of imidazole rings is 2. The molecule has 0 saturated heterocycles. The number of fused-ring (bicyclic) bond motifs is 12. The van der Waals surface area contributed by atoms with Crippen molar-refractivity contribution in [3.63, 3.8) is 0 Å². The minimum Gasteiger partial charge on any atom is -0.341 e. The van der Waals surface area contributed by atoms with Crippen LogP contribution in [0.25, 0.3) is 76.4 Å². The molecular weight excluding hydrogens is 492 g/mol. The van der Waals surface area contributed by atoms with Gasteiger partial charge in [-0.15, -0.1) is 0 Å². The van der Waals surface area contributed by atoms with Crippen molar-refractivity contribution >= 4 is 65.3 Å². The Hall–Kier alpha value is -4.84. The lowest BCUT2D eigenvalue weighted by atomic mass is 9.94. The highest BCUT2D eigenvalue weighted by Gasteiger charge is 2.18. The van der Waals surface area contributed by atoms with E-state index in [9.17, 15) is 0 Å². The first-order valence-electron chi connectivity index (χ1n) is 13.9. The van der Waals surface area contributed by atoms with E-state index in [1.807, 2.05) is 24.7 Å². The summed E-state index contributed by atoms with van der Waals surface area (Å²) in [6.07, 6.45) is 5.67. The zero-order chi connectivity index (χ0) is 27.1. The van der Waals surface area contributed by atoms with Crippen molar-refractivity contribution in [2.45, 2.75) is 39.5 Å². The lowest BCUT2D eigenvalue weighted by Crippen LogP contribution is -1.88. The van der Waals surface area contributed by atoms with Crippen LogP contribution < -0.4 is 0 Å². The summed E-state index contributed by atoms with van der Waals surface area (Å²) < 4.78 is 0. The molecule has 0 aliphatic rings. The van der Waals surface area contributed by atoms with Gasteiger partial charge in [0.2, 0.25) is 0 Å². The van der Waals surface area contributed by atoms with Crippen LogP contribution in [0.4, 0.5) is 0 Å². The van der Waals surface area contributed by atoms with Crippen molar-refractivity contribution in [1.29, 1.82) is 0 Å². The van der Waals surface area contributed by atoms with Crippen LogP contribution in [-0.2, 0) is 0 Å². The quantitative estimate of drug-likeness (QED) is 0.228. The van der Waals surface area contributed by atoms with Crippen LogP contribution >= 0.6 is 0 Å². The SMILES string of the molecule is CC(C)c1nc2c3cnccc3c3cc(-c4ccc5c(c4)c4ncccc4c4nc(C(C)C)[nH]c54)ccc3c2[nH]1. The highest BCUT2D eigenvalue weighted by Crippen LogP contribution is 2.39. The fourth-order valence-electron chi connectivity index (χ4n) is 6.04. The highest BCUT2D eigenvalue weighted by molar-refractivity contribution is 6.24. The van der Waals surface area contributed by atoms with Gasteiger partial charge in [-0.1, -0.05) is 52.0 Å². The van der Waals surface area contributed by atoms with Gasteiger partial charge in [-0.05, 0) is 52.2 Å². The molecule has 40 heavy (non-hydrogen) atoms. The van der Waals surface area contributed by atoms with E-state index in [1.165, 1.54) is 10.8 Å². The average molecular weight is 521 g/mol. The molecule has 0 spiro atoms. The van der Waals surface area contributed by atoms with Gasteiger partial charge in [-0.25, -0.2) is 9.97 Å². The minimum absolute atomic E-state index is 0.312. The largest absolute Gasteiger partial charge is 0.341 e. The van der Waals surface area contributed by atoms with E-state index in [0.29, 0.717) is 11.8 Å². The maximum atomic E-state index is 4.96. The summed E-state index contributed by atoms with van der Waals surface area (Å²) in [4.78, 5) is 26.4. The van der Waals surface area contributed by atoms with E-state index in [1.54, 1.807) is 0 Å². The number of hydrogen-bond donors (Lipinski definition) is 2. The van der Waals surface area contributed by atoms with Crippen LogP contribution in [0.2, 0.25) is 0 Å². The fourth-order valence-corrected chi connectivity index (χ4v) is 6.04. The summed E-state index contributed by atoms with van der Waals surface area (Å²) in [6.45, 7) is 8.66. The standard InChI is InChI=1S/C34H28N6/c1-17(2)33-38-30-23-10-8-20(15-26(23)28-24(31(30)39-33)6-5-12-36-28)19-7-9-22-25(14-19)21-11-13-35-16-27(21)32-29(22)37-34(40-32)18(3)4/h5-18H,1-4H3,(H,37,40)(H,38,39). The Morgan fingerprint density at radius 1 is 0.550 bits per heavy atom. The molecule has 0 amide bonds. The van der Waals surface area contributed by atoms with E-state index >= 15 is 0 Å². The van der Waals surface area contributed by atoms with Gasteiger partial charge in [0.05, 0.1) is 27.6 Å². The molecule has 0 bridgehead atoms. The Morgan fingerprint density at radius 2 is 1.18 bits per heavy atom. The van der Waals surface area contributed by atoms with Crippen LogP contribution in [-0.4, -0.2) is 29.9 Å². The zero-order valence-corrected chi connectivity index (χ0v) is 22.9. The number of aromatic nitrogens is 6. The zero-order valence-electron chi connectivity index (χ0n) is 22.9. The minimum atomic E-state index is 0.312. The molecule has 2 N–H and O–H groups in total. The van der Waals surface area contributed by atoms with E-state index < -0.39 is 0 Å². The van der Waals surface area contributed by atoms with Crippen LogP contribution in [0.5, 0.6) is 0 Å². The summed E-state index contributed by atoms with van der Waals surface area (Å²) in [5.74, 6) is 2.62. The molecule has 8 rings (SSSR count). The molecule has 0 radical (unpaired) electrons. The van der Waals surface area contributed by atoms with Crippen molar-refractivity contribution in [3.05, 3.63) is 84.8 Å². The molecule has 0 atom stereocenters. The molecule has 0 aliphatic carbocycles. The first kappa shape index (κ1) is 23.1. The molecule has 0 fully saturated rings. The number of H-pyrrole nitrogens is 2. The second-order valence-corrected chi connectivity index (χ2v) is 11.3. The lowest BCUT2D eigenvalue weighted by molar-refractivity contribution is 0.799. The van der Waals surface area contributed by atoms with Crippen molar-refractivity contribution in [3.8, 4) is 11.1 Å². The van der Waals surface area contributed by atoms with Crippen LogP contribution in [0.15, 0.2) is 73.2 Å². The predicted octanol–water partition coefficient (Wildman–Crippen LogP) is 8.76. The Bertz CT molecular complexity index is 2120. The molecule has 4 aromatic carbocycles. The highest BCUT2D eigenvalue weighted by atomic mass is 14.9.